The average molecular weight is 217 g/mol. The highest BCUT2D eigenvalue weighted by molar-refractivity contribution is 6.27. The third kappa shape index (κ3) is 8.72. The predicted molar refractivity (Wildman–Crippen MR) is 66.6 cm³/mol. The highest BCUT2D eigenvalue weighted by atomic mass is 28.2. The molecule has 0 radical (unpaired) electrons. The average Bonchev–Trinajstić information content (AvgIpc) is 2.09. The zero-order valence-corrected chi connectivity index (χ0v) is 12.0. The molecular formula is C11H27NOSi. The van der Waals surface area contributed by atoms with E-state index in [1.807, 2.05) is 0 Å². The molecular weight excluding hydrogens is 190 g/mol. The van der Waals surface area contributed by atoms with Gasteiger partial charge in [0.25, 0.3) is 0 Å². The first-order chi connectivity index (χ1) is 6.49. The van der Waals surface area contributed by atoms with Gasteiger partial charge in [-0.2, -0.15) is 0 Å². The van der Waals surface area contributed by atoms with Crippen molar-refractivity contribution in [2.75, 3.05) is 19.6 Å². The molecule has 0 bridgehead atoms. The Kier molecular flexibility index (Phi) is 7.50. The van der Waals surface area contributed by atoms with Crippen molar-refractivity contribution in [3.63, 3.8) is 0 Å². The molecule has 2 nitrogen and oxygen atoms in total. The Morgan fingerprint density at radius 3 is 2.14 bits per heavy atom. The van der Waals surface area contributed by atoms with E-state index >= 15 is 0 Å². The second-order valence-electron chi connectivity index (χ2n) is 4.69. The van der Waals surface area contributed by atoms with E-state index in [-0.39, 0.29) is 15.4 Å². The van der Waals surface area contributed by atoms with Crippen molar-refractivity contribution in [3.05, 3.63) is 0 Å². The lowest BCUT2D eigenvalue weighted by molar-refractivity contribution is 0.137. The van der Waals surface area contributed by atoms with Crippen molar-refractivity contribution in [3.8, 4) is 0 Å². The van der Waals surface area contributed by atoms with E-state index in [0.717, 1.165) is 0 Å². The van der Waals surface area contributed by atoms with Gasteiger partial charge in [0.1, 0.15) is 0 Å². The van der Waals surface area contributed by atoms with Crippen LogP contribution in [0.15, 0.2) is 0 Å². The predicted octanol–water partition coefficient (Wildman–Crippen LogP) is 2.04. The molecule has 0 saturated heterocycles. The molecule has 0 rings (SSSR count). The lowest BCUT2D eigenvalue weighted by Gasteiger charge is -2.21. The van der Waals surface area contributed by atoms with Crippen molar-refractivity contribution in [2.24, 2.45) is 0 Å². The Labute approximate surface area is 92.0 Å². The Morgan fingerprint density at radius 2 is 1.71 bits per heavy atom. The fourth-order valence-electron chi connectivity index (χ4n) is 1.36. The van der Waals surface area contributed by atoms with Gasteiger partial charge < -0.3 is 9.33 Å². The Morgan fingerprint density at radius 1 is 1.14 bits per heavy atom. The number of rotatable bonds is 7. The summed E-state index contributed by atoms with van der Waals surface area (Å²) in [5, 5.41) is 0. The molecule has 0 N–H and O–H groups in total. The summed E-state index contributed by atoms with van der Waals surface area (Å²) in [6, 6.07) is 1.31. The van der Waals surface area contributed by atoms with E-state index in [1.165, 1.54) is 32.1 Å². The third-order valence-corrected chi connectivity index (χ3v) is 4.16. The van der Waals surface area contributed by atoms with Gasteiger partial charge in [0, 0.05) is 5.60 Å². The highest BCUT2D eigenvalue weighted by Crippen LogP contribution is 2.06. The van der Waals surface area contributed by atoms with E-state index < -0.39 is 0 Å². The van der Waals surface area contributed by atoms with Gasteiger partial charge in [0.15, 0.2) is 9.76 Å². The normalized spacial score (nSPS) is 13.3. The van der Waals surface area contributed by atoms with Crippen LogP contribution in [0, 0.1) is 0 Å². The molecule has 0 aromatic rings. The molecule has 0 amide bonds. The van der Waals surface area contributed by atoms with Crippen LogP contribution in [0.5, 0.6) is 0 Å². The standard InChI is InChI=1S/C11H27NOSi/c1-6-12(7-2)9-8-10-14-13-11(3,4)5/h6-10,14H2,1-5H3. The molecule has 0 spiro atoms. The first-order valence-corrected chi connectivity index (χ1v) is 7.43. The van der Waals surface area contributed by atoms with Gasteiger partial charge >= 0.3 is 0 Å². The monoisotopic (exact) mass is 217 g/mol. The van der Waals surface area contributed by atoms with Crippen LogP contribution < -0.4 is 0 Å². The fourth-order valence-corrected chi connectivity index (χ4v) is 2.54. The smallest absolute Gasteiger partial charge is 0.162 e. The van der Waals surface area contributed by atoms with Crippen molar-refractivity contribution in [2.45, 2.75) is 52.7 Å². The molecule has 0 aromatic heterocycles. The molecule has 14 heavy (non-hydrogen) atoms. The SMILES string of the molecule is CCN(CC)CCC[SiH2]OC(C)(C)C. The highest BCUT2D eigenvalue weighted by Gasteiger charge is 2.08. The van der Waals surface area contributed by atoms with E-state index in [0.29, 0.717) is 0 Å². The molecule has 0 heterocycles. The van der Waals surface area contributed by atoms with Crippen LogP contribution in [0.1, 0.15) is 41.0 Å². The van der Waals surface area contributed by atoms with Gasteiger partial charge in [0.2, 0.25) is 0 Å². The fraction of sp³-hybridized carbons (Fsp3) is 1.00. The molecule has 0 fully saturated rings. The second-order valence-corrected chi connectivity index (χ2v) is 6.10. The lowest BCUT2D eigenvalue weighted by atomic mass is 10.2. The summed E-state index contributed by atoms with van der Waals surface area (Å²) in [6.07, 6.45) is 1.31. The maximum absolute atomic E-state index is 5.80. The van der Waals surface area contributed by atoms with Crippen LogP contribution in [0.4, 0.5) is 0 Å². The van der Waals surface area contributed by atoms with Gasteiger partial charge in [-0.05, 0) is 52.9 Å². The molecule has 0 aliphatic heterocycles. The summed E-state index contributed by atoms with van der Waals surface area (Å²) in [7, 11) is -0.278. The first-order valence-electron chi connectivity index (χ1n) is 5.86. The number of nitrogens with zero attached hydrogens (tertiary/aromatic N) is 1. The minimum Gasteiger partial charge on any atom is -0.419 e. The van der Waals surface area contributed by atoms with Crippen LogP contribution in [-0.2, 0) is 4.43 Å². The van der Waals surface area contributed by atoms with Gasteiger partial charge in [-0.3, -0.25) is 0 Å². The van der Waals surface area contributed by atoms with Crippen LogP contribution in [0.25, 0.3) is 0 Å². The molecule has 0 unspecified atom stereocenters. The van der Waals surface area contributed by atoms with E-state index in [9.17, 15) is 0 Å². The zero-order valence-electron chi connectivity index (χ0n) is 10.6. The van der Waals surface area contributed by atoms with Crippen molar-refractivity contribution >= 4 is 9.76 Å². The maximum atomic E-state index is 5.80. The van der Waals surface area contributed by atoms with Crippen molar-refractivity contribution < 1.29 is 4.43 Å². The number of hydrogen-bond acceptors (Lipinski definition) is 2. The van der Waals surface area contributed by atoms with Gasteiger partial charge in [-0.15, -0.1) is 0 Å². The second kappa shape index (κ2) is 7.43. The first kappa shape index (κ1) is 14.1. The van der Waals surface area contributed by atoms with Gasteiger partial charge in [-0.1, -0.05) is 13.8 Å². The third-order valence-electron chi connectivity index (χ3n) is 2.30. The Hall–Kier alpha value is 0.137. The molecule has 0 aliphatic rings. The topological polar surface area (TPSA) is 12.5 Å². The summed E-state index contributed by atoms with van der Waals surface area (Å²) in [5.74, 6) is 0. The van der Waals surface area contributed by atoms with Crippen molar-refractivity contribution in [1.29, 1.82) is 0 Å². The summed E-state index contributed by atoms with van der Waals surface area (Å²) >= 11 is 0. The van der Waals surface area contributed by atoms with Crippen LogP contribution >= 0.6 is 0 Å². The zero-order chi connectivity index (χ0) is 11.0. The quantitative estimate of drug-likeness (QED) is 0.478. The van der Waals surface area contributed by atoms with E-state index in [4.69, 9.17) is 4.43 Å². The van der Waals surface area contributed by atoms with Crippen molar-refractivity contribution in [1.82, 2.24) is 4.90 Å². The van der Waals surface area contributed by atoms with Gasteiger partial charge in [-0.25, -0.2) is 0 Å². The molecule has 3 heteroatoms. The maximum Gasteiger partial charge on any atom is 0.162 e. The lowest BCUT2D eigenvalue weighted by Crippen LogP contribution is -2.25. The molecule has 0 saturated carbocycles. The molecule has 0 aliphatic carbocycles. The van der Waals surface area contributed by atoms with E-state index in [1.54, 1.807) is 0 Å². The molecule has 0 atom stereocenters. The Bertz CT molecular complexity index is 130. The van der Waals surface area contributed by atoms with Gasteiger partial charge in [0.05, 0.1) is 0 Å². The summed E-state index contributed by atoms with van der Waals surface area (Å²) < 4.78 is 5.80. The summed E-state index contributed by atoms with van der Waals surface area (Å²) in [5.41, 5.74) is 0.0847. The van der Waals surface area contributed by atoms with Crippen LogP contribution in [0.2, 0.25) is 6.04 Å². The van der Waals surface area contributed by atoms with E-state index in [2.05, 4.69) is 39.5 Å². The largest absolute Gasteiger partial charge is 0.419 e. The van der Waals surface area contributed by atoms with Crippen LogP contribution in [0.3, 0.4) is 0 Å². The Balaban J connectivity index is 3.29. The molecule has 0 aromatic carbocycles. The number of hydrogen-bond donors (Lipinski definition) is 0. The minimum atomic E-state index is -0.278. The van der Waals surface area contributed by atoms with Crippen LogP contribution in [-0.4, -0.2) is 39.9 Å². The molecule has 86 valence electrons. The summed E-state index contributed by atoms with van der Waals surface area (Å²) in [6.45, 7) is 14.5. The summed E-state index contributed by atoms with van der Waals surface area (Å²) in [4.78, 5) is 2.48. The minimum absolute atomic E-state index is 0.0847.